The van der Waals surface area contributed by atoms with Crippen molar-refractivity contribution in [2.24, 2.45) is 0 Å². The second-order valence-electron chi connectivity index (χ2n) is 9.43. The number of hydrogen-bond acceptors (Lipinski definition) is 5. The van der Waals surface area contributed by atoms with Crippen molar-refractivity contribution in [2.75, 3.05) is 64.4 Å². The molecular formula is C28H38N4O3. The minimum atomic E-state index is 0.108. The number of anilines is 1. The quantitative estimate of drug-likeness (QED) is 0.582. The zero-order chi connectivity index (χ0) is 24.6. The molecule has 0 spiro atoms. The third-order valence-corrected chi connectivity index (χ3v) is 7.21. The van der Waals surface area contributed by atoms with E-state index in [9.17, 15) is 9.59 Å². The lowest BCUT2D eigenvalue weighted by molar-refractivity contribution is -0.133. The van der Waals surface area contributed by atoms with E-state index in [1.165, 1.54) is 5.69 Å². The lowest BCUT2D eigenvalue weighted by Gasteiger charge is -2.40. The minimum absolute atomic E-state index is 0.108. The summed E-state index contributed by atoms with van der Waals surface area (Å²) in [6.07, 6.45) is 2.84. The Morgan fingerprint density at radius 1 is 0.886 bits per heavy atom. The third kappa shape index (κ3) is 6.34. The molecule has 7 heteroatoms. The number of amides is 2. The minimum Gasteiger partial charge on any atom is -0.497 e. The third-order valence-electron chi connectivity index (χ3n) is 7.21. The lowest BCUT2D eigenvalue weighted by atomic mass is 10.0. The summed E-state index contributed by atoms with van der Waals surface area (Å²) in [6, 6.07) is 18.0. The summed E-state index contributed by atoms with van der Waals surface area (Å²) in [6.45, 7) is 8.20. The van der Waals surface area contributed by atoms with Crippen LogP contribution < -0.4 is 9.64 Å². The summed E-state index contributed by atoms with van der Waals surface area (Å²) < 4.78 is 5.25. The maximum Gasteiger partial charge on any atom is 0.253 e. The molecule has 0 aromatic heterocycles. The molecule has 0 bridgehead atoms. The van der Waals surface area contributed by atoms with Crippen LogP contribution in [0.25, 0.3) is 0 Å². The van der Waals surface area contributed by atoms with Crippen molar-refractivity contribution in [3.05, 3.63) is 60.2 Å². The fourth-order valence-corrected chi connectivity index (χ4v) is 5.16. The monoisotopic (exact) mass is 478 g/mol. The molecular weight excluding hydrogens is 440 g/mol. The van der Waals surface area contributed by atoms with E-state index >= 15 is 0 Å². The Labute approximate surface area is 209 Å². The van der Waals surface area contributed by atoms with Gasteiger partial charge in [-0.3, -0.25) is 14.5 Å². The molecule has 2 aromatic rings. The van der Waals surface area contributed by atoms with Crippen LogP contribution in [0.2, 0.25) is 0 Å². The molecule has 0 saturated carbocycles. The van der Waals surface area contributed by atoms with Crippen molar-refractivity contribution in [3.8, 4) is 5.75 Å². The molecule has 2 fully saturated rings. The SMILES string of the molecule is CCCN(CC(=O)N1CCN(c2ccc(OC)cc2)CC1)C1CCN(C(=O)c2ccccc2)CC1. The number of piperidine rings is 1. The molecule has 2 heterocycles. The smallest absolute Gasteiger partial charge is 0.253 e. The molecule has 2 aliphatic rings. The van der Waals surface area contributed by atoms with E-state index in [0.717, 1.165) is 76.4 Å². The fourth-order valence-electron chi connectivity index (χ4n) is 5.16. The topological polar surface area (TPSA) is 56.3 Å². The zero-order valence-corrected chi connectivity index (χ0v) is 21.1. The highest BCUT2D eigenvalue weighted by atomic mass is 16.5. The van der Waals surface area contributed by atoms with E-state index < -0.39 is 0 Å². The second kappa shape index (κ2) is 12.1. The Morgan fingerprint density at radius 2 is 1.54 bits per heavy atom. The Bertz CT molecular complexity index is 950. The van der Waals surface area contributed by atoms with Crippen LogP contribution in [0.4, 0.5) is 5.69 Å². The van der Waals surface area contributed by atoms with Gasteiger partial charge >= 0.3 is 0 Å². The van der Waals surface area contributed by atoms with Gasteiger partial charge in [-0.05, 0) is 62.2 Å². The summed E-state index contributed by atoms with van der Waals surface area (Å²) >= 11 is 0. The number of ether oxygens (including phenoxy) is 1. The molecule has 0 atom stereocenters. The highest BCUT2D eigenvalue weighted by Gasteiger charge is 2.30. The van der Waals surface area contributed by atoms with Gasteiger partial charge in [0.1, 0.15) is 5.75 Å². The molecule has 0 radical (unpaired) electrons. The van der Waals surface area contributed by atoms with Crippen molar-refractivity contribution in [1.82, 2.24) is 14.7 Å². The van der Waals surface area contributed by atoms with E-state index in [1.807, 2.05) is 52.3 Å². The molecule has 2 aromatic carbocycles. The van der Waals surface area contributed by atoms with Gasteiger partial charge in [0, 0.05) is 56.6 Å². The number of nitrogens with zero attached hydrogens (tertiary/aromatic N) is 4. The summed E-state index contributed by atoms with van der Waals surface area (Å²) in [5.74, 6) is 1.18. The maximum absolute atomic E-state index is 13.2. The first-order valence-corrected chi connectivity index (χ1v) is 12.8. The number of hydrogen-bond donors (Lipinski definition) is 0. The van der Waals surface area contributed by atoms with Crippen LogP contribution in [-0.4, -0.2) is 92.0 Å². The number of piperazine rings is 1. The van der Waals surface area contributed by atoms with E-state index in [0.29, 0.717) is 12.6 Å². The van der Waals surface area contributed by atoms with Crippen molar-refractivity contribution in [3.63, 3.8) is 0 Å². The van der Waals surface area contributed by atoms with Crippen molar-refractivity contribution < 1.29 is 14.3 Å². The average Bonchev–Trinajstić information content (AvgIpc) is 2.93. The number of carbonyl (C=O) groups excluding carboxylic acids is 2. The van der Waals surface area contributed by atoms with Crippen LogP contribution in [-0.2, 0) is 4.79 Å². The Balaban J connectivity index is 1.27. The molecule has 0 N–H and O–H groups in total. The number of likely N-dealkylation sites (tertiary alicyclic amines) is 1. The van der Waals surface area contributed by atoms with Crippen LogP contribution in [0.1, 0.15) is 36.5 Å². The van der Waals surface area contributed by atoms with E-state index in [2.05, 4.69) is 28.9 Å². The normalized spacial score (nSPS) is 17.1. The zero-order valence-electron chi connectivity index (χ0n) is 21.1. The Hall–Kier alpha value is -3.06. The second-order valence-corrected chi connectivity index (χ2v) is 9.43. The molecule has 2 amide bonds. The molecule has 4 rings (SSSR count). The molecule has 2 aliphatic heterocycles. The van der Waals surface area contributed by atoms with Gasteiger partial charge in [0.2, 0.25) is 5.91 Å². The number of methoxy groups -OCH3 is 1. The molecule has 2 saturated heterocycles. The van der Waals surface area contributed by atoms with E-state index in [-0.39, 0.29) is 11.8 Å². The summed E-state index contributed by atoms with van der Waals surface area (Å²) in [7, 11) is 1.68. The van der Waals surface area contributed by atoms with Gasteiger partial charge in [0.15, 0.2) is 0 Å². The predicted molar refractivity (Wildman–Crippen MR) is 139 cm³/mol. The van der Waals surface area contributed by atoms with Crippen LogP contribution in [0, 0.1) is 0 Å². The Morgan fingerprint density at radius 3 is 2.14 bits per heavy atom. The van der Waals surface area contributed by atoms with Crippen molar-refractivity contribution in [2.45, 2.75) is 32.2 Å². The van der Waals surface area contributed by atoms with Gasteiger partial charge in [-0.15, -0.1) is 0 Å². The largest absolute Gasteiger partial charge is 0.497 e. The first-order valence-electron chi connectivity index (χ1n) is 12.8. The first kappa shape index (κ1) is 25.0. The van der Waals surface area contributed by atoms with Gasteiger partial charge in [-0.25, -0.2) is 0 Å². The average molecular weight is 479 g/mol. The van der Waals surface area contributed by atoms with Crippen LogP contribution in [0.15, 0.2) is 54.6 Å². The summed E-state index contributed by atoms with van der Waals surface area (Å²) in [4.78, 5) is 34.6. The standard InChI is InChI=1S/C28H38N4O3/c1-3-15-32(25-13-16-31(17-14-25)28(34)23-7-5-4-6-8-23)22-27(33)30-20-18-29(19-21-30)24-9-11-26(35-2)12-10-24/h4-12,25H,3,13-22H2,1-2H3. The van der Waals surface area contributed by atoms with Gasteiger partial charge in [0.25, 0.3) is 5.91 Å². The summed E-state index contributed by atoms with van der Waals surface area (Å²) in [5, 5.41) is 0. The summed E-state index contributed by atoms with van der Waals surface area (Å²) in [5.41, 5.74) is 1.92. The first-order chi connectivity index (χ1) is 17.1. The number of carbonyl (C=O) groups is 2. The van der Waals surface area contributed by atoms with Crippen LogP contribution in [0.5, 0.6) is 5.75 Å². The molecule has 0 aliphatic carbocycles. The van der Waals surface area contributed by atoms with Crippen LogP contribution in [0.3, 0.4) is 0 Å². The predicted octanol–water partition coefficient (Wildman–Crippen LogP) is 3.36. The highest BCUT2D eigenvalue weighted by molar-refractivity contribution is 5.94. The van der Waals surface area contributed by atoms with Gasteiger partial charge in [0.05, 0.1) is 13.7 Å². The van der Waals surface area contributed by atoms with Crippen LogP contribution >= 0.6 is 0 Å². The highest BCUT2D eigenvalue weighted by Crippen LogP contribution is 2.22. The fraction of sp³-hybridized carbons (Fsp3) is 0.500. The molecule has 35 heavy (non-hydrogen) atoms. The van der Waals surface area contributed by atoms with Gasteiger partial charge < -0.3 is 19.4 Å². The maximum atomic E-state index is 13.2. The lowest BCUT2D eigenvalue weighted by Crippen LogP contribution is -2.53. The van der Waals surface area contributed by atoms with Gasteiger partial charge in [-0.1, -0.05) is 25.1 Å². The Kier molecular flexibility index (Phi) is 8.64. The molecule has 7 nitrogen and oxygen atoms in total. The van der Waals surface area contributed by atoms with Crippen molar-refractivity contribution in [1.29, 1.82) is 0 Å². The van der Waals surface area contributed by atoms with E-state index in [4.69, 9.17) is 4.74 Å². The molecule has 188 valence electrons. The number of rotatable bonds is 8. The molecule has 0 unspecified atom stereocenters. The van der Waals surface area contributed by atoms with Gasteiger partial charge in [-0.2, -0.15) is 0 Å². The van der Waals surface area contributed by atoms with E-state index in [1.54, 1.807) is 7.11 Å². The van der Waals surface area contributed by atoms with Crippen molar-refractivity contribution >= 4 is 17.5 Å². The number of benzene rings is 2.